The van der Waals surface area contributed by atoms with Gasteiger partial charge in [0.15, 0.2) is 0 Å². The topological polar surface area (TPSA) is 40.5 Å². The van der Waals surface area contributed by atoms with Crippen LogP contribution in [0.2, 0.25) is 0 Å². The molecule has 1 heterocycles. The van der Waals surface area contributed by atoms with Crippen molar-refractivity contribution in [3.8, 4) is 0 Å². The number of halogens is 1. The minimum absolute atomic E-state index is 0.139. The van der Waals surface area contributed by atoms with Gasteiger partial charge in [0.25, 0.3) is 0 Å². The summed E-state index contributed by atoms with van der Waals surface area (Å²) < 4.78 is 12.7. The zero-order valence-corrected chi connectivity index (χ0v) is 6.46. The first kappa shape index (κ1) is 8.46. The van der Waals surface area contributed by atoms with E-state index in [0.29, 0.717) is 0 Å². The highest BCUT2D eigenvalue weighted by Gasteiger charge is 2.32. The molecule has 0 aliphatic carbocycles. The Balaban J connectivity index is 2.57. The predicted octanol–water partition coefficient (Wildman–Crippen LogP) is -0.0624. The minimum atomic E-state index is -0.962. The Kier molecular flexibility index (Phi) is 2.44. The van der Waals surface area contributed by atoms with E-state index in [-0.39, 0.29) is 31.5 Å². The van der Waals surface area contributed by atoms with Gasteiger partial charge in [0.05, 0.1) is 19.2 Å². The molecular formula is C7H12FNO2. The van der Waals surface area contributed by atoms with E-state index >= 15 is 0 Å². The Labute approximate surface area is 64.8 Å². The number of amides is 1. The zero-order chi connectivity index (χ0) is 8.43. The van der Waals surface area contributed by atoms with E-state index in [1.54, 1.807) is 0 Å². The van der Waals surface area contributed by atoms with E-state index in [1.165, 1.54) is 11.8 Å². The molecule has 1 amide bonds. The molecule has 1 rings (SSSR count). The largest absolute Gasteiger partial charge is 0.394 e. The maximum absolute atomic E-state index is 12.7. The summed E-state index contributed by atoms with van der Waals surface area (Å²) in [6.45, 7) is 1.39. The maximum Gasteiger partial charge on any atom is 0.219 e. The molecule has 4 heteroatoms. The highest BCUT2D eigenvalue weighted by molar-refractivity contribution is 5.74. The lowest BCUT2D eigenvalue weighted by Crippen LogP contribution is -2.36. The summed E-state index contributed by atoms with van der Waals surface area (Å²) in [7, 11) is 0. The fourth-order valence-corrected chi connectivity index (χ4v) is 1.42. The molecule has 11 heavy (non-hydrogen) atoms. The van der Waals surface area contributed by atoms with E-state index in [0.717, 1.165) is 0 Å². The van der Waals surface area contributed by atoms with Crippen molar-refractivity contribution in [1.29, 1.82) is 0 Å². The van der Waals surface area contributed by atoms with Gasteiger partial charge in [0.2, 0.25) is 5.91 Å². The van der Waals surface area contributed by atoms with Crippen molar-refractivity contribution >= 4 is 5.91 Å². The van der Waals surface area contributed by atoms with Crippen molar-refractivity contribution in [1.82, 2.24) is 4.90 Å². The van der Waals surface area contributed by atoms with Gasteiger partial charge >= 0.3 is 0 Å². The van der Waals surface area contributed by atoms with Gasteiger partial charge < -0.3 is 10.0 Å². The van der Waals surface area contributed by atoms with Crippen molar-refractivity contribution in [3.05, 3.63) is 0 Å². The molecule has 1 aliphatic heterocycles. The molecule has 0 aromatic carbocycles. The van der Waals surface area contributed by atoms with Crippen LogP contribution in [-0.4, -0.2) is 41.3 Å². The first-order valence-corrected chi connectivity index (χ1v) is 3.67. The third-order valence-electron chi connectivity index (χ3n) is 1.98. The van der Waals surface area contributed by atoms with Crippen molar-refractivity contribution in [2.24, 2.45) is 0 Å². The molecule has 1 aliphatic rings. The van der Waals surface area contributed by atoms with Crippen LogP contribution in [0.25, 0.3) is 0 Å². The molecule has 0 spiro atoms. The van der Waals surface area contributed by atoms with Gasteiger partial charge in [0, 0.05) is 13.3 Å². The summed E-state index contributed by atoms with van der Waals surface area (Å²) in [6.07, 6.45) is -0.688. The van der Waals surface area contributed by atoms with Crippen molar-refractivity contribution in [3.63, 3.8) is 0 Å². The normalized spacial score (nSPS) is 31.0. The molecule has 0 saturated carbocycles. The summed E-state index contributed by atoms with van der Waals surface area (Å²) in [4.78, 5) is 12.2. The fraction of sp³-hybridized carbons (Fsp3) is 0.857. The summed E-state index contributed by atoms with van der Waals surface area (Å²) >= 11 is 0. The quantitative estimate of drug-likeness (QED) is 0.585. The van der Waals surface area contributed by atoms with Crippen LogP contribution in [0, 0.1) is 0 Å². The average Bonchev–Trinajstić information content (AvgIpc) is 2.30. The summed E-state index contributed by atoms with van der Waals surface area (Å²) in [5.41, 5.74) is 0. The van der Waals surface area contributed by atoms with Gasteiger partial charge in [-0.2, -0.15) is 0 Å². The predicted molar refractivity (Wildman–Crippen MR) is 37.8 cm³/mol. The van der Waals surface area contributed by atoms with E-state index < -0.39 is 6.17 Å². The number of aliphatic hydroxyl groups excluding tert-OH is 1. The molecule has 2 atom stereocenters. The molecule has 1 fully saturated rings. The number of hydrogen-bond donors (Lipinski definition) is 1. The van der Waals surface area contributed by atoms with Crippen LogP contribution in [0.4, 0.5) is 4.39 Å². The Morgan fingerprint density at radius 3 is 2.82 bits per heavy atom. The number of rotatable bonds is 1. The van der Waals surface area contributed by atoms with E-state index in [2.05, 4.69) is 0 Å². The van der Waals surface area contributed by atoms with Crippen LogP contribution >= 0.6 is 0 Å². The van der Waals surface area contributed by atoms with E-state index in [1.807, 2.05) is 0 Å². The van der Waals surface area contributed by atoms with Gasteiger partial charge in [-0.25, -0.2) is 4.39 Å². The van der Waals surface area contributed by atoms with E-state index in [4.69, 9.17) is 5.11 Å². The van der Waals surface area contributed by atoms with Crippen molar-refractivity contribution in [2.45, 2.75) is 25.6 Å². The molecule has 64 valence electrons. The highest BCUT2D eigenvalue weighted by Crippen LogP contribution is 2.19. The van der Waals surface area contributed by atoms with Crippen LogP contribution in [0.15, 0.2) is 0 Å². The number of alkyl halides is 1. The van der Waals surface area contributed by atoms with Crippen LogP contribution in [-0.2, 0) is 4.79 Å². The molecule has 0 bridgehead atoms. The second-order valence-corrected chi connectivity index (χ2v) is 2.84. The number of likely N-dealkylation sites (tertiary alicyclic amines) is 1. The Bertz CT molecular complexity index is 163. The molecular weight excluding hydrogens is 149 g/mol. The van der Waals surface area contributed by atoms with Gasteiger partial charge in [-0.1, -0.05) is 0 Å². The number of carbonyl (C=O) groups excluding carboxylic acids is 1. The van der Waals surface area contributed by atoms with Crippen molar-refractivity contribution in [2.75, 3.05) is 13.2 Å². The second-order valence-electron chi connectivity index (χ2n) is 2.84. The van der Waals surface area contributed by atoms with Gasteiger partial charge in [0.1, 0.15) is 6.17 Å². The summed E-state index contributed by atoms with van der Waals surface area (Å²) in [5, 5.41) is 8.74. The van der Waals surface area contributed by atoms with Gasteiger partial charge in [-0.3, -0.25) is 4.79 Å². The average molecular weight is 161 g/mol. The molecule has 0 aromatic rings. The first-order chi connectivity index (χ1) is 5.15. The number of nitrogens with zero attached hydrogens (tertiary/aromatic N) is 1. The van der Waals surface area contributed by atoms with Crippen LogP contribution in [0.1, 0.15) is 13.3 Å². The first-order valence-electron chi connectivity index (χ1n) is 3.67. The lowest BCUT2D eigenvalue weighted by Gasteiger charge is -2.20. The Morgan fingerprint density at radius 1 is 1.82 bits per heavy atom. The maximum atomic E-state index is 12.7. The third kappa shape index (κ3) is 1.68. The summed E-state index contributed by atoms with van der Waals surface area (Å²) in [5.74, 6) is -0.163. The highest BCUT2D eigenvalue weighted by atomic mass is 19.1. The van der Waals surface area contributed by atoms with Crippen LogP contribution < -0.4 is 0 Å². The monoisotopic (exact) mass is 161 g/mol. The smallest absolute Gasteiger partial charge is 0.219 e. The molecule has 3 nitrogen and oxygen atoms in total. The Morgan fingerprint density at radius 2 is 2.45 bits per heavy atom. The van der Waals surface area contributed by atoms with Crippen LogP contribution in [0.5, 0.6) is 0 Å². The standard InChI is InChI=1S/C7H12FNO2/c1-5(11)9-3-6(8)2-7(9)4-10/h6-7,10H,2-4H2,1H3/t6-,7-/m0/s1. The number of hydrogen-bond acceptors (Lipinski definition) is 2. The number of aliphatic hydroxyl groups is 1. The number of carbonyl (C=O) groups is 1. The van der Waals surface area contributed by atoms with Gasteiger partial charge in [-0.05, 0) is 0 Å². The van der Waals surface area contributed by atoms with Crippen molar-refractivity contribution < 1.29 is 14.3 Å². The lowest BCUT2D eigenvalue weighted by atomic mass is 10.2. The lowest BCUT2D eigenvalue weighted by molar-refractivity contribution is -0.130. The molecule has 0 unspecified atom stereocenters. The molecule has 0 aromatic heterocycles. The third-order valence-corrected chi connectivity index (χ3v) is 1.98. The Hall–Kier alpha value is -0.640. The molecule has 1 saturated heterocycles. The zero-order valence-electron chi connectivity index (χ0n) is 6.46. The molecule has 0 radical (unpaired) electrons. The molecule has 1 N–H and O–H groups in total. The fourth-order valence-electron chi connectivity index (χ4n) is 1.42. The SMILES string of the molecule is CC(=O)N1C[C@@H](F)C[C@H]1CO. The second kappa shape index (κ2) is 3.17. The van der Waals surface area contributed by atoms with Gasteiger partial charge in [-0.15, -0.1) is 0 Å². The van der Waals surface area contributed by atoms with E-state index in [9.17, 15) is 9.18 Å². The minimum Gasteiger partial charge on any atom is -0.394 e. The summed E-state index contributed by atoms with van der Waals surface area (Å²) in [6, 6.07) is -0.303. The van der Waals surface area contributed by atoms with Crippen LogP contribution in [0.3, 0.4) is 0 Å².